The van der Waals surface area contributed by atoms with Crippen LogP contribution in [0, 0.1) is 0 Å². The number of esters is 1. The highest BCUT2D eigenvalue weighted by Gasteiger charge is 2.07. The molecule has 0 aliphatic carbocycles. The molecule has 2 rings (SSSR count). The highest BCUT2D eigenvalue weighted by Crippen LogP contribution is 2.13. The smallest absolute Gasteiger partial charge is 0.343 e. The van der Waals surface area contributed by atoms with Gasteiger partial charge in [-0.05, 0) is 36.4 Å². The van der Waals surface area contributed by atoms with Gasteiger partial charge in [0.2, 0.25) is 0 Å². The molecule has 19 heavy (non-hydrogen) atoms. The number of carbonyl (C=O) groups excluding carboxylic acids is 2. The van der Waals surface area contributed by atoms with Crippen LogP contribution < -0.4 is 4.74 Å². The zero-order valence-corrected chi connectivity index (χ0v) is 11.0. The molecule has 98 valence electrons. The summed E-state index contributed by atoms with van der Waals surface area (Å²) in [5.41, 5.74) is 1.04. The first kappa shape index (κ1) is 14.6. The van der Waals surface area contributed by atoms with Crippen LogP contribution in [0.5, 0.6) is 5.75 Å². The van der Waals surface area contributed by atoms with Gasteiger partial charge >= 0.3 is 5.97 Å². The van der Waals surface area contributed by atoms with Gasteiger partial charge in [-0.1, -0.05) is 32.0 Å². The van der Waals surface area contributed by atoms with E-state index in [-0.39, 0.29) is 0 Å². The van der Waals surface area contributed by atoms with Gasteiger partial charge in [-0.2, -0.15) is 0 Å². The van der Waals surface area contributed by atoms with Gasteiger partial charge in [0, 0.05) is 5.56 Å². The molecule has 0 unspecified atom stereocenters. The van der Waals surface area contributed by atoms with Crippen molar-refractivity contribution in [3.63, 3.8) is 0 Å². The van der Waals surface area contributed by atoms with E-state index in [0.717, 1.165) is 6.29 Å². The molecule has 0 amide bonds. The lowest BCUT2D eigenvalue weighted by Crippen LogP contribution is -2.07. The van der Waals surface area contributed by atoms with Crippen LogP contribution in [0.25, 0.3) is 0 Å². The first-order chi connectivity index (χ1) is 9.29. The average Bonchev–Trinajstić information content (AvgIpc) is 2.51. The van der Waals surface area contributed by atoms with E-state index >= 15 is 0 Å². The molecule has 0 bridgehead atoms. The normalized spacial score (nSPS) is 8.95. The second kappa shape index (κ2) is 7.82. The summed E-state index contributed by atoms with van der Waals surface area (Å²) < 4.78 is 5.15. The molecule has 0 fully saturated rings. The maximum absolute atomic E-state index is 11.7. The largest absolute Gasteiger partial charge is 0.423 e. The van der Waals surface area contributed by atoms with Crippen LogP contribution in [0.15, 0.2) is 54.6 Å². The molecule has 0 saturated carbocycles. The monoisotopic (exact) mass is 256 g/mol. The Morgan fingerprint density at radius 1 is 0.947 bits per heavy atom. The summed E-state index contributed by atoms with van der Waals surface area (Å²) in [4.78, 5) is 22.1. The molecule has 0 saturated heterocycles. The Kier molecular flexibility index (Phi) is 6.03. The second-order valence-corrected chi connectivity index (χ2v) is 3.44. The van der Waals surface area contributed by atoms with Crippen molar-refractivity contribution in [2.75, 3.05) is 0 Å². The van der Waals surface area contributed by atoms with Crippen molar-refractivity contribution >= 4 is 12.3 Å². The Morgan fingerprint density at radius 3 is 2.05 bits per heavy atom. The first-order valence-corrected chi connectivity index (χ1v) is 6.12. The summed E-state index contributed by atoms with van der Waals surface area (Å²) in [6.45, 7) is 4.00. The van der Waals surface area contributed by atoms with Gasteiger partial charge in [0.1, 0.15) is 12.0 Å². The number of ether oxygens (including phenoxy) is 1. The molecule has 3 heteroatoms. The van der Waals surface area contributed by atoms with Crippen LogP contribution in [-0.2, 0) is 0 Å². The summed E-state index contributed by atoms with van der Waals surface area (Å²) in [7, 11) is 0. The Hall–Kier alpha value is -2.42. The SMILES string of the molecule is CC.O=Cc1ccc(OC(=O)c2ccccc2)cc1. The minimum absolute atomic E-state index is 0.413. The van der Waals surface area contributed by atoms with Crippen molar-refractivity contribution in [3.8, 4) is 5.75 Å². The van der Waals surface area contributed by atoms with E-state index in [1.54, 1.807) is 48.5 Å². The first-order valence-electron chi connectivity index (χ1n) is 6.12. The molecule has 3 nitrogen and oxygen atoms in total. The van der Waals surface area contributed by atoms with Crippen molar-refractivity contribution in [2.45, 2.75) is 13.8 Å². The lowest BCUT2D eigenvalue weighted by atomic mass is 10.2. The van der Waals surface area contributed by atoms with Gasteiger partial charge in [0.05, 0.1) is 5.56 Å². The number of rotatable bonds is 3. The Bertz CT molecular complexity index is 515. The third-order valence-corrected chi connectivity index (χ3v) is 2.24. The molecule has 0 aliphatic heterocycles. The highest BCUT2D eigenvalue weighted by molar-refractivity contribution is 5.91. The number of hydrogen-bond acceptors (Lipinski definition) is 3. The third-order valence-electron chi connectivity index (χ3n) is 2.24. The molecule has 0 N–H and O–H groups in total. The highest BCUT2D eigenvalue weighted by atomic mass is 16.5. The van der Waals surface area contributed by atoms with Crippen LogP contribution in [0.2, 0.25) is 0 Å². The van der Waals surface area contributed by atoms with Crippen LogP contribution in [0.1, 0.15) is 34.6 Å². The van der Waals surface area contributed by atoms with Gasteiger partial charge in [0.25, 0.3) is 0 Å². The van der Waals surface area contributed by atoms with Gasteiger partial charge < -0.3 is 4.74 Å². The number of aldehydes is 1. The quantitative estimate of drug-likeness (QED) is 0.477. The van der Waals surface area contributed by atoms with Crippen molar-refractivity contribution < 1.29 is 14.3 Å². The van der Waals surface area contributed by atoms with Gasteiger partial charge in [0.15, 0.2) is 0 Å². The zero-order valence-electron chi connectivity index (χ0n) is 11.0. The number of hydrogen-bond donors (Lipinski definition) is 0. The molecule has 0 heterocycles. The topological polar surface area (TPSA) is 43.4 Å². The van der Waals surface area contributed by atoms with Crippen LogP contribution >= 0.6 is 0 Å². The second-order valence-electron chi connectivity index (χ2n) is 3.44. The lowest BCUT2D eigenvalue weighted by Gasteiger charge is -2.03. The fourth-order valence-electron chi connectivity index (χ4n) is 1.35. The van der Waals surface area contributed by atoms with E-state index in [2.05, 4.69) is 0 Å². The predicted molar refractivity (Wildman–Crippen MR) is 74.6 cm³/mol. The van der Waals surface area contributed by atoms with Gasteiger partial charge in [-0.3, -0.25) is 4.79 Å². The van der Waals surface area contributed by atoms with E-state index < -0.39 is 5.97 Å². The summed E-state index contributed by atoms with van der Waals surface area (Å²) in [6.07, 6.45) is 0.739. The fraction of sp³-hybridized carbons (Fsp3) is 0.125. The maximum Gasteiger partial charge on any atom is 0.343 e. The molecular weight excluding hydrogens is 240 g/mol. The van der Waals surface area contributed by atoms with E-state index in [4.69, 9.17) is 4.74 Å². The zero-order chi connectivity index (χ0) is 14.1. The van der Waals surface area contributed by atoms with Crippen molar-refractivity contribution in [1.29, 1.82) is 0 Å². The van der Waals surface area contributed by atoms with Crippen molar-refractivity contribution in [2.24, 2.45) is 0 Å². The summed E-state index contributed by atoms with van der Waals surface area (Å²) in [5.74, 6) is 0.00825. The maximum atomic E-state index is 11.7. The number of benzene rings is 2. The molecule has 0 spiro atoms. The molecule has 0 radical (unpaired) electrons. The van der Waals surface area contributed by atoms with Crippen LogP contribution in [0.4, 0.5) is 0 Å². The average molecular weight is 256 g/mol. The molecule has 2 aromatic rings. The molecule has 0 atom stereocenters. The molecular formula is C16H16O3. The van der Waals surface area contributed by atoms with Crippen LogP contribution in [0.3, 0.4) is 0 Å². The minimum Gasteiger partial charge on any atom is -0.423 e. The van der Waals surface area contributed by atoms with Crippen molar-refractivity contribution in [3.05, 3.63) is 65.7 Å². The van der Waals surface area contributed by atoms with E-state index in [9.17, 15) is 9.59 Å². The van der Waals surface area contributed by atoms with Gasteiger partial charge in [-0.25, -0.2) is 4.79 Å². The van der Waals surface area contributed by atoms with E-state index in [1.165, 1.54) is 0 Å². The third kappa shape index (κ3) is 4.39. The summed E-state index contributed by atoms with van der Waals surface area (Å²) in [6, 6.07) is 15.1. The Morgan fingerprint density at radius 2 is 1.53 bits per heavy atom. The van der Waals surface area contributed by atoms with Crippen LogP contribution in [-0.4, -0.2) is 12.3 Å². The molecule has 2 aromatic carbocycles. The summed E-state index contributed by atoms with van der Waals surface area (Å²) in [5, 5.41) is 0. The van der Waals surface area contributed by atoms with Crippen molar-refractivity contribution in [1.82, 2.24) is 0 Å². The Balaban J connectivity index is 0.000000861. The molecule has 0 aliphatic rings. The minimum atomic E-state index is -0.413. The molecule has 0 aromatic heterocycles. The van der Waals surface area contributed by atoms with E-state index in [0.29, 0.717) is 16.9 Å². The summed E-state index contributed by atoms with van der Waals surface area (Å²) >= 11 is 0. The standard InChI is InChI=1S/C14H10O3.C2H6/c15-10-11-6-8-13(9-7-11)17-14(16)12-4-2-1-3-5-12;1-2/h1-10H;1-2H3. The Labute approximate surface area is 112 Å². The van der Waals surface area contributed by atoms with E-state index in [1.807, 2.05) is 19.9 Å². The number of carbonyl (C=O) groups is 2. The lowest BCUT2D eigenvalue weighted by molar-refractivity contribution is 0.0734. The predicted octanol–water partition coefficient (Wildman–Crippen LogP) is 3.74. The fourth-order valence-corrected chi connectivity index (χ4v) is 1.35. The van der Waals surface area contributed by atoms with Gasteiger partial charge in [-0.15, -0.1) is 0 Å².